The van der Waals surface area contributed by atoms with E-state index < -0.39 is 0 Å². The maximum atomic E-state index is 6.42. The molecule has 1 unspecified atom stereocenters. The number of hydrogen-bond acceptors (Lipinski definition) is 2. The Bertz CT molecular complexity index is 880. The number of hydrogen-bond donors (Lipinski definition) is 0. The molecular formula is C24H29ClN2S. The number of benzene rings is 1. The molecule has 148 valence electrons. The third kappa shape index (κ3) is 5.83. The maximum absolute atomic E-state index is 6.42. The van der Waals surface area contributed by atoms with Crippen molar-refractivity contribution in [2.75, 3.05) is 0 Å². The van der Waals surface area contributed by atoms with Crippen LogP contribution in [-0.4, -0.2) is 9.55 Å². The second-order valence-corrected chi connectivity index (χ2v) is 8.77. The fourth-order valence-electron chi connectivity index (χ4n) is 3.26. The van der Waals surface area contributed by atoms with Crippen molar-refractivity contribution < 1.29 is 0 Å². The molecule has 0 N–H and O–H groups in total. The summed E-state index contributed by atoms with van der Waals surface area (Å²) in [5.74, 6) is 1.68. The van der Waals surface area contributed by atoms with Crippen LogP contribution in [0.3, 0.4) is 0 Å². The molecule has 4 heteroatoms. The van der Waals surface area contributed by atoms with Gasteiger partial charge in [-0.3, -0.25) is 0 Å². The second kappa shape index (κ2) is 10.6. The highest BCUT2D eigenvalue weighted by Crippen LogP contribution is 2.21. The summed E-state index contributed by atoms with van der Waals surface area (Å²) in [6, 6.07) is 12.4. The molecule has 0 amide bonds. The molecule has 3 rings (SSSR count). The largest absolute Gasteiger partial charge is 0.324 e. The monoisotopic (exact) mass is 412 g/mol. The summed E-state index contributed by atoms with van der Waals surface area (Å²) in [4.78, 5) is 6.18. The first-order chi connectivity index (χ1) is 13.7. The van der Waals surface area contributed by atoms with Crippen LogP contribution in [-0.2, 0) is 19.4 Å². The molecule has 28 heavy (non-hydrogen) atoms. The summed E-state index contributed by atoms with van der Waals surface area (Å²) < 4.78 is 2.32. The van der Waals surface area contributed by atoms with Gasteiger partial charge in [0.15, 0.2) is 0 Å². The highest BCUT2D eigenvalue weighted by Gasteiger charge is 2.10. The van der Waals surface area contributed by atoms with Crippen molar-refractivity contribution in [3.63, 3.8) is 0 Å². The van der Waals surface area contributed by atoms with Crippen molar-refractivity contribution >= 4 is 29.0 Å². The molecule has 2 nitrogen and oxygen atoms in total. The average molecular weight is 413 g/mol. The highest BCUT2D eigenvalue weighted by molar-refractivity contribution is 7.09. The first-order valence-corrected chi connectivity index (χ1v) is 11.4. The number of aromatic nitrogens is 2. The summed E-state index contributed by atoms with van der Waals surface area (Å²) in [6.45, 7) is 5.27. The molecule has 0 bridgehead atoms. The Morgan fingerprint density at radius 3 is 2.79 bits per heavy atom. The Morgan fingerprint density at radius 1 is 1.18 bits per heavy atom. The number of imidazole rings is 1. The quantitative estimate of drug-likeness (QED) is 0.342. The van der Waals surface area contributed by atoms with Crippen LogP contribution in [0.15, 0.2) is 54.1 Å². The minimum absolute atomic E-state index is 0.532. The van der Waals surface area contributed by atoms with Gasteiger partial charge in [0.25, 0.3) is 0 Å². The molecule has 0 saturated heterocycles. The van der Waals surface area contributed by atoms with Crippen LogP contribution in [0.5, 0.6) is 0 Å². The Morgan fingerprint density at radius 2 is 2.04 bits per heavy atom. The van der Waals surface area contributed by atoms with Gasteiger partial charge in [-0.2, -0.15) is 0 Å². The van der Waals surface area contributed by atoms with E-state index in [2.05, 4.69) is 54.1 Å². The molecule has 3 aromatic rings. The lowest BCUT2D eigenvalue weighted by Gasteiger charge is -2.12. The topological polar surface area (TPSA) is 17.8 Å². The zero-order valence-electron chi connectivity index (χ0n) is 16.8. The molecule has 0 radical (unpaired) electrons. The predicted octanol–water partition coefficient (Wildman–Crippen LogP) is 7.27. The van der Waals surface area contributed by atoms with Crippen LogP contribution in [0.1, 0.15) is 55.1 Å². The standard InChI is InChI=1S/C24H29ClN2S/c1-3-4-11-24-26-17-21(27(24)18-20-8-5-6-10-23(20)25)14-12-19(2)13-15-22-9-7-16-28-22/h5-10,12,14,16-17,19H,3-4,11,13,15,18H2,1-2H3/b14-12+. The number of aryl methyl sites for hydroxylation is 2. The number of halogens is 1. The van der Waals surface area contributed by atoms with Gasteiger partial charge in [-0.25, -0.2) is 4.98 Å². The van der Waals surface area contributed by atoms with Gasteiger partial charge in [0.05, 0.1) is 18.4 Å². The van der Waals surface area contributed by atoms with Crippen LogP contribution >= 0.6 is 22.9 Å². The van der Waals surface area contributed by atoms with Gasteiger partial charge >= 0.3 is 0 Å². The Hall–Kier alpha value is -1.84. The van der Waals surface area contributed by atoms with Crippen LogP contribution in [0.2, 0.25) is 5.02 Å². The van der Waals surface area contributed by atoms with E-state index in [1.807, 2.05) is 35.7 Å². The van der Waals surface area contributed by atoms with Crippen molar-refractivity contribution in [1.29, 1.82) is 0 Å². The number of rotatable bonds is 10. The minimum atomic E-state index is 0.532. The third-order valence-electron chi connectivity index (χ3n) is 5.03. The third-order valence-corrected chi connectivity index (χ3v) is 6.34. The molecule has 1 atom stereocenters. The fourth-order valence-corrected chi connectivity index (χ4v) is 4.18. The van der Waals surface area contributed by atoms with Gasteiger partial charge in [0.1, 0.15) is 5.82 Å². The first kappa shape index (κ1) is 20.9. The SMILES string of the molecule is CCCCc1ncc(/C=C/C(C)CCc2cccs2)n1Cc1ccccc1Cl. The summed E-state index contributed by atoms with van der Waals surface area (Å²) in [7, 11) is 0. The van der Waals surface area contributed by atoms with Gasteiger partial charge in [0, 0.05) is 16.3 Å². The van der Waals surface area contributed by atoms with E-state index in [0.29, 0.717) is 5.92 Å². The van der Waals surface area contributed by atoms with E-state index in [1.54, 1.807) is 0 Å². The molecule has 2 heterocycles. The number of unbranched alkanes of at least 4 members (excludes halogenated alkanes) is 1. The smallest absolute Gasteiger partial charge is 0.109 e. The molecule has 0 aliphatic heterocycles. The van der Waals surface area contributed by atoms with Gasteiger partial charge in [-0.15, -0.1) is 11.3 Å². The average Bonchev–Trinajstić information content (AvgIpc) is 3.35. The molecular weight excluding hydrogens is 384 g/mol. The maximum Gasteiger partial charge on any atom is 0.109 e. The molecule has 0 saturated carbocycles. The van der Waals surface area contributed by atoms with E-state index in [0.717, 1.165) is 47.9 Å². The molecule has 0 aliphatic rings. The highest BCUT2D eigenvalue weighted by atomic mass is 35.5. The van der Waals surface area contributed by atoms with Gasteiger partial charge in [0.2, 0.25) is 0 Å². The molecule has 0 fully saturated rings. The van der Waals surface area contributed by atoms with E-state index in [1.165, 1.54) is 17.7 Å². The number of thiophene rings is 1. The van der Waals surface area contributed by atoms with Crippen molar-refractivity contribution in [2.24, 2.45) is 5.92 Å². The lowest BCUT2D eigenvalue weighted by atomic mass is 10.0. The lowest BCUT2D eigenvalue weighted by Crippen LogP contribution is -2.08. The van der Waals surface area contributed by atoms with Crippen LogP contribution < -0.4 is 0 Å². The summed E-state index contributed by atoms with van der Waals surface area (Å²) in [6.07, 6.45) is 12.2. The summed E-state index contributed by atoms with van der Waals surface area (Å²) in [5.41, 5.74) is 2.30. The van der Waals surface area contributed by atoms with E-state index in [4.69, 9.17) is 16.6 Å². The fraction of sp³-hybridized carbons (Fsp3) is 0.375. The van der Waals surface area contributed by atoms with E-state index in [9.17, 15) is 0 Å². The van der Waals surface area contributed by atoms with Gasteiger partial charge in [-0.1, -0.05) is 62.2 Å². The van der Waals surface area contributed by atoms with Crippen LogP contribution in [0, 0.1) is 5.92 Å². The van der Waals surface area contributed by atoms with Crippen LogP contribution in [0.4, 0.5) is 0 Å². The van der Waals surface area contributed by atoms with Crippen molar-refractivity contribution in [3.05, 3.63) is 81.0 Å². The second-order valence-electron chi connectivity index (χ2n) is 7.33. The zero-order valence-corrected chi connectivity index (χ0v) is 18.3. The van der Waals surface area contributed by atoms with Gasteiger partial charge in [-0.05, 0) is 54.3 Å². The van der Waals surface area contributed by atoms with Gasteiger partial charge < -0.3 is 4.57 Å². The number of allylic oxidation sites excluding steroid dienone is 1. The minimum Gasteiger partial charge on any atom is -0.324 e. The zero-order chi connectivity index (χ0) is 19.8. The molecule has 2 aromatic heterocycles. The number of nitrogens with zero attached hydrogens (tertiary/aromatic N) is 2. The summed E-state index contributed by atoms with van der Waals surface area (Å²) >= 11 is 8.26. The van der Waals surface area contributed by atoms with E-state index in [-0.39, 0.29) is 0 Å². The van der Waals surface area contributed by atoms with Crippen molar-refractivity contribution in [1.82, 2.24) is 9.55 Å². The normalized spacial score (nSPS) is 12.7. The molecule has 0 spiro atoms. The molecule has 1 aromatic carbocycles. The first-order valence-electron chi connectivity index (χ1n) is 10.2. The van der Waals surface area contributed by atoms with Crippen LogP contribution in [0.25, 0.3) is 6.08 Å². The Kier molecular flexibility index (Phi) is 7.93. The predicted molar refractivity (Wildman–Crippen MR) is 122 cm³/mol. The van der Waals surface area contributed by atoms with E-state index >= 15 is 0 Å². The van der Waals surface area contributed by atoms with Crippen molar-refractivity contribution in [2.45, 2.75) is 52.5 Å². The van der Waals surface area contributed by atoms with Crippen molar-refractivity contribution in [3.8, 4) is 0 Å². The Labute approximate surface area is 177 Å². The Balaban J connectivity index is 1.73. The molecule has 0 aliphatic carbocycles. The lowest BCUT2D eigenvalue weighted by molar-refractivity contribution is 0.652. The summed E-state index contributed by atoms with van der Waals surface area (Å²) in [5, 5.41) is 2.97.